The number of halogens is 2. The molecule has 1 aliphatic rings. The summed E-state index contributed by atoms with van der Waals surface area (Å²) in [6, 6.07) is 11.9. The third-order valence-electron chi connectivity index (χ3n) is 4.78. The van der Waals surface area contributed by atoms with Gasteiger partial charge in [-0.1, -0.05) is 47.1 Å². The van der Waals surface area contributed by atoms with Crippen LogP contribution in [0, 0.1) is 17.0 Å². The fourth-order valence-electron chi connectivity index (χ4n) is 3.07. The molecule has 1 aromatic heterocycles. The fraction of sp³-hybridized carbons (Fsp3) is 0.0455. The summed E-state index contributed by atoms with van der Waals surface area (Å²) in [6.45, 7) is 1.65. The van der Waals surface area contributed by atoms with Gasteiger partial charge >= 0.3 is 6.03 Å². The van der Waals surface area contributed by atoms with E-state index in [0.717, 1.165) is 16.8 Å². The van der Waals surface area contributed by atoms with Gasteiger partial charge in [-0.3, -0.25) is 14.9 Å². The molecule has 0 unspecified atom stereocenters. The number of nitro benzene ring substituents is 1. The minimum atomic E-state index is -0.706. The lowest BCUT2D eigenvalue weighted by atomic mass is 10.1. The van der Waals surface area contributed by atoms with E-state index < -0.39 is 16.9 Å². The largest absolute Gasteiger partial charge is 0.457 e. The normalized spacial score (nSPS) is 14.5. The lowest BCUT2D eigenvalue weighted by molar-refractivity contribution is -0.385. The highest BCUT2D eigenvalue weighted by Crippen LogP contribution is 2.34. The van der Waals surface area contributed by atoms with Crippen LogP contribution in [0.1, 0.15) is 11.3 Å². The van der Waals surface area contributed by atoms with Crippen LogP contribution in [0.3, 0.4) is 0 Å². The summed E-state index contributed by atoms with van der Waals surface area (Å²) in [6.07, 6.45) is 1.48. The van der Waals surface area contributed by atoms with Gasteiger partial charge in [0.25, 0.3) is 11.6 Å². The van der Waals surface area contributed by atoms with E-state index in [0.29, 0.717) is 33.4 Å². The lowest BCUT2D eigenvalue weighted by Crippen LogP contribution is -2.46. The van der Waals surface area contributed by atoms with Crippen molar-refractivity contribution in [2.45, 2.75) is 6.92 Å². The number of nitrogens with one attached hydrogen (secondary N) is 2. The molecule has 35 heavy (non-hydrogen) atoms. The van der Waals surface area contributed by atoms with Crippen molar-refractivity contribution in [3.63, 3.8) is 0 Å². The standard InChI is InChI=1S/C22H14Cl2N4O5S2/c1-11-2-3-12(8-17(11)28(31)32)18-7-5-14(33-18)10-19-20(29)27(22(34)35-19)26-21(30)25-13-4-6-15(23)16(24)9-13/h2-10H,1H3,(H2,25,26,30)/b19-10+. The number of aryl methyl sites for hydroxylation is 1. The molecule has 0 aliphatic carbocycles. The van der Waals surface area contributed by atoms with Crippen LogP contribution in [0.4, 0.5) is 16.2 Å². The molecular formula is C22H14Cl2N4O5S2. The summed E-state index contributed by atoms with van der Waals surface area (Å²) in [5.74, 6) is 0.186. The summed E-state index contributed by atoms with van der Waals surface area (Å²) in [5, 5.41) is 15.3. The molecule has 0 atom stereocenters. The van der Waals surface area contributed by atoms with Crippen LogP contribution in [-0.4, -0.2) is 26.2 Å². The molecule has 1 fully saturated rings. The maximum absolute atomic E-state index is 12.8. The molecule has 4 rings (SSSR count). The Hall–Kier alpha value is -3.38. The van der Waals surface area contributed by atoms with Gasteiger partial charge in [0, 0.05) is 29.0 Å². The van der Waals surface area contributed by atoms with Gasteiger partial charge in [-0.05, 0) is 49.5 Å². The molecule has 0 saturated carbocycles. The van der Waals surface area contributed by atoms with Crippen molar-refractivity contribution in [3.05, 3.63) is 84.9 Å². The number of hydrogen-bond acceptors (Lipinski definition) is 7. The summed E-state index contributed by atoms with van der Waals surface area (Å²) in [4.78, 5) is 36.1. The number of anilines is 1. The Morgan fingerprint density at radius 2 is 1.94 bits per heavy atom. The Morgan fingerprint density at radius 1 is 1.17 bits per heavy atom. The van der Waals surface area contributed by atoms with E-state index >= 15 is 0 Å². The molecular weight excluding hydrogens is 535 g/mol. The molecule has 2 N–H and O–H groups in total. The maximum atomic E-state index is 12.8. The zero-order valence-corrected chi connectivity index (χ0v) is 20.8. The van der Waals surface area contributed by atoms with Crippen molar-refractivity contribution in [1.29, 1.82) is 0 Å². The number of nitro groups is 1. The molecule has 178 valence electrons. The minimum Gasteiger partial charge on any atom is -0.457 e. The monoisotopic (exact) mass is 548 g/mol. The topological polar surface area (TPSA) is 118 Å². The first kappa shape index (κ1) is 24.7. The Kier molecular flexibility index (Phi) is 7.13. The van der Waals surface area contributed by atoms with Crippen molar-refractivity contribution < 1.29 is 18.9 Å². The van der Waals surface area contributed by atoms with Gasteiger partial charge in [0.05, 0.1) is 19.9 Å². The predicted octanol–water partition coefficient (Wildman–Crippen LogP) is 6.41. The number of furan rings is 1. The van der Waals surface area contributed by atoms with Gasteiger partial charge in [-0.2, -0.15) is 5.01 Å². The maximum Gasteiger partial charge on any atom is 0.338 e. The van der Waals surface area contributed by atoms with E-state index in [-0.39, 0.29) is 19.9 Å². The van der Waals surface area contributed by atoms with E-state index in [4.69, 9.17) is 39.8 Å². The van der Waals surface area contributed by atoms with E-state index in [2.05, 4.69) is 10.7 Å². The van der Waals surface area contributed by atoms with Crippen LogP contribution in [-0.2, 0) is 4.79 Å². The van der Waals surface area contributed by atoms with E-state index in [1.54, 1.807) is 37.3 Å². The summed E-state index contributed by atoms with van der Waals surface area (Å²) < 4.78 is 5.87. The smallest absolute Gasteiger partial charge is 0.338 e. The molecule has 1 saturated heterocycles. The quantitative estimate of drug-likeness (QED) is 0.164. The number of carbonyl (C=O) groups is 2. The number of hydrazine groups is 1. The Labute approximate surface area is 218 Å². The van der Waals surface area contributed by atoms with Gasteiger partial charge in [0.15, 0.2) is 4.32 Å². The van der Waals surface area contributed by atoms with Gasteiger partial charge in [0.1, 0.15) is 11.5 Å². The van der Waals surface area contributed by atoms with E-state index in [1.807, 2.05) is 0 Å². The summed E-state index contributed by atoms with van der Waals surface area (Å²) >= 11 is 18.0. The second-order valence-corrected chi connectivity index (χ2v) is 9.66. The second-order valence-electron chi connectivity index (χ2n) is 7.17. The number of carbonyl (C=O) groups excluding carboxylic acids is 2. The van der Waals surface area contributed by atoms with Crippen LogP contribution in [0.15, 0.2) is 57.9 Å². The highest BCUT2D eigenvalue weighted by atomic mass is 35.5. The second kappa shape index (κ2) is 10.1. The number of benzene rings is 2. The number of rotatable bonds is 5. The van der Waals surface area contributed by atoms with Crippen LogP contribution < -0.4 is 10.7 Å². The minimum absolute atomic E-state index is 0.0217. The molecule has 1 aliphatic heterocycles. The zero-order valence-electron chi connectivity index (χ0n) is 17.7. The van der Waals surface area contributed by atoms with E-state index in [9.17, 15) is 19.7 Å². The first-order valence-corrected chi connectivity index (χ1v) is 11.8. The molecule has 3 aromatic rings. The van der Waals surface area contributed by atoms with E-state index in [1.165, 1.54) is 24.3 Å². The Morgan fingerprint density at radius 3 is 2.66 bits per heavy atom. The fourth-order valence-corrected chi connectivity index (χ4v) is 4.53. The average Bonchev–Trinajstić information content (AvgIpc) is 3.37. The van der Waals surface area contributed by atoms with Crippen molar-refractivity contribution in [2.24, 2.45) is 0 Å². The van der Waals surface area contributed by atoms with Crippen LogP contribution in [0.5, 0.6) is 0 Å². The summed E-state index contributed by atoms with van der Waals surface area (Å²) in [5.41, 5.74) is 3.80. The molecule has 0 radical (unpaired) electrons. The van der Waals surface area contributed by atoms with Crippen LogP contribution in [0.2, 0.25) is 10.0 Å². The van der Waals surface area contributed by atoms with Gasteiger partial charge in [-0.25, -0.2) is 10.2 Å². The molecule has 9 nitrogen and oxygen atoms in total. The molecule has 2 aromatic carbocycles. The van der Waals surface area contributed by atoms with Crippen molar-refractivity contribution in [3.8, 4) is 11.3 Å². The molecule has 0 spiro atoms. The third-order valence-corrected chi connectivity index (χ3v) is 6.82. The lowest BCUT2D eigenvalue weighted by Gasteiger charge is -2.16. The first-order valence-electron chi connectivity index (χ1n) is 9.78. The number of amides is 3. The summed E-state index contributed by atoms with van der Waals surface area (Å²) in [7, 11) is 0. The number of thioether (sulfide) groups is 1. The van der Waals surface area contributed by atoms with Crippen molar-refractivity contribution in [2.75, 3.05) is 5.32 Å². The first-order chi connectivity index (χ1) is 16.6. The highest BCUT2D eigenvalue weighted by molar-refractivity contribution is 8.26. The Balaban J connectivity index is 1.47. The highest BCUT2D eigenvalue weighted by Gasteiger charge is 2.34. The predicted molar refractivity (Wildman–Crippen MR) is 139 cm³/mol. The number of urea groups is 1. The SMILES string of the molecule is Cc1ccc(-c2ccc(/C=C3/SC(=S)N(NC(=O)Nc4ccc(Cl)c(Cl)c4)C3=O)o2)cc1[N+](=O)[O-]. The average molecular weight is 549 g/mol. The number of thiocarbonyl (C=S) groups is 1. The third kappa shape index (κ3) is 5.49. The molecule has 13 heteroatoms. The number of hydrogen-bond donors (Lipinski definition) is 2. The van der Waals surface area contributed by atoms with Crippen LogP contribution >= 0.6 is 47.2 Å². The van der Waals surface area contributed by atoms with Gasteiger partial charge < -0.3 is 9.73 Å². The van der Waals surface area contributed by atoms with Crippen molar-refractivity contribution >= 4 is 80.9 Å². The van der Waals surface area contributed by atoms with Crippen LogP contribution in [0.25, 0.3) is 17.4 Å². The molecule has 3 amide bonds. The van der Waals surface area contributed by atoms with Crippen molar-refractivity contribution in [1.82, 2.24) is 10.4 Å². The van der Waals surface area contributed by atoms with Gasteiger partial charge in [-0.15, -0.1) is 0 Å². The molecule has 2 heterocycles. The van der Waals surface area contributed by atoms with Gasteiger partial charge in [0.2, 0.25) is 0 Å². The zero-order chi connectivity index (χ0) is 25.3. The number of nitrogens with zero attached hydrogens (tertiary/aromatic N) is 2. The molecule has 0 bridgehead atoms. The Bertz CT molecular complexity index is 1420.